The fourth-order valence-electron chi connectivity index (χ4n) is 2.42. The summed E-state index contributed by atoms with van der Waals surface area (Å²) in [6.07, 6.45) is 7.36. The predicted molar refractivity (Wildman–Crippen MR) is 74.4 cm³/mol. The van der Waals surface area contributed by atoms with Crippen LogP contribution < -0.4 is 5.73 Å². The molecule has 0 aliphatic heterocycles. The van der Waals surface area contributed by atoms with Crippen LogP contribution in [0.1, 0.15) is 70.0 Å². The van der Waals surface area contributed by atoms with E-state index in [1.165, 1.54) is 31.4 Å². The highest BCUT2D eigenvalue weighted by atomic mass is 32.1. The van der Waals surface area contributed by atoms with Crippen molar-refractivity contribution in [3.05, 3.63) is 16.1 Å². The topological polar surface area (TPSA) is 38.9 Å². The van der Waals surface area contributed by atoms with E-state index in [0.29, 0.717) is 0 Å². The van der Waals surface area contributed by atoms with Crippen molar-refractivity contribution >= 4 is 11.3 Å². The van der Waals surface area contributed by atoms with Gasteiger partial charge in [-0.1, -0.05) is 46.5 Å². The minimum absolute atomic E-state index is 0.135. The molecular weight excluding hydrogens is 228 g/mol. The number of hydrogen-bond acceptors (Lipinski definition) is 3. The fraction of sp³-hybridized carbons (Fsp3) is 0.786. The van der Waals surface area contributed by atoms with Gasteiger partial charge in [-0.25, -0.2) is 4.98 Å². The molecule has 1 aromatic rings. The Morgan fingerprint density at radius 1 is 1.18 bits per heavy atom. The van der Waals surface area contributed by atoms with Gasteiger partial charge in [0.15, 0.2) is 0 Å². The largest absolute Gasteiger partial charge is 0.319 e. The molecule has 17 heavy (non-hydrogen) atoms. The van der Waals surface area contributed by atoms with Crippen LogP contribution in [0.15, 0.2) is 5.38 Å². The van der Waals surface area contributed by atoms with Crippen molar-refractivity contribution in [2.75, 3.05) is 0 Å². The second-order valence-electron chi connectivity index (χ2n) is 6.36. The van der Waals surface area contributed by atoms with E-state index >= 15 is 0 Å². The van der Waals surface area contributed by atoms with Crippen LogP contribution in [0.4, 0.5) is 0 Å². The van der Waals surface area contributed by atoms with Crippen LogP contribution >= 0.6 is 11.3 Å². The second kappa shape index (κ2) is 4.69. The summed E-state index contributed by atoms with van der Waals surface area (Å²) >= 11 is 1.75. The minimum Gasteiger partial charge on any atom is -0.319 e. The fourth-order valence-corrected chi connectivity index (χ4v) is 3.64. The summed E-state index contributed by atoms with van der Waals surface area (Å²) in [6, 6.07) is 0. The molecule has 0 radical (unpaired) electrons. The molecule has 1 aliphatic carbocycles. The molecule has 1 heterocycles. The zero-order chi connectivity index (χ0) is 12.5. The van der Waals surface area contributed by atoms with Gasteiger partial charge < -0.3 is 5.73 Å². The van der Waals surface area contributed by atoms with E-state index in [4.69, 9.17) is 10.7 Å². The van der Waals surface area contributed by atoms with Crippen molar-refractivity contribution in [2.24, 2.45) is 5.73 Å². The van der Waals surface area contributed by atoms with E-state index in [9.17, 15) is 0 Å². The van der Waals surface area contributed by atoms with Crippen LogP contribution in [-0.4, -0.2) is 4.98 Å². The standard InChI is InChI=1S/C14H24N2S/c1-13(2,3)11-10-17-12(16-11)14(15)8-6-4-5-7-9-14/h10H,4-9,15H2,1-3H3. The van der Waals surface area contributed by atoms with E-state index in [1.807, 2.05) is 0 Å². The molecule has 1 fully saturated rings. The number of hydrogen-bond donors (Lipinski definition) is 1. The number of nitrogens with two attached hydrogens (primary N) is 1. The Labute approximate surface area is 109 Å². The number of rotatable bonds is 1. The molecule has 2 nitrogen and oxygen atoms in total. The lowest BCUT2D eigenvalue weighted by Gasteiger charge is -2.25. The van der Waals surface area contributed by atoms with Gasteiger partial charge >= 0.3 is 0 Å². The van der Waals surface area contributed by atoms with Crippen LogP contribution in [0.5, 0.6) is 0 Å². The third kappa shape index (κ3) is 2.89. The van der Waals surface area contributed by atoms with Crippen molar-refractivity contribution in [3.63, 3.8) is 0 Å². The first-order valence-electron chi connectivity index (χ1n) is 6.67. The van der Waals surface area contributed by atoms with Gasteiger partial charge in [0.2, 0.25) is 0 Å². The van der Waals surface area contributed by atoms with Crippen molar-refractivity contribution in [1.29, 1.82) is 0 Å². The van der Waals surface area contributed by atoms with Gasteiger partial charge in [-0.2, -0.15) is 0 Å². The summed E-state index contributed by atoms with van der Waals surface area (Å²) < 4.78 is 0. The lowest BCUT2D eigenvalue weighted by atomic mass is 9.91. The molecule has 1 saturated carbocycles. The van der Waals surface area contributed by atoms with Gasteiger partial charge in [-0.05, 0) is 12.8 Å². The number of nitrogens with zero attached hydrogens (tertiary/aromatic N) is 1. The third-order valence-corrected chi connectivity index (χ3v) is 4.76. The molecular formula is C14H24N2S. The second-order valence-corrected chi connectivity index (χ2v) is 7.22. The highest BCUT2D eigenvalue weighted by Gasteiger charge is 2.32. The number of aromatic nitrogens is 1. The average molecular weight is 252 g/mol. The molecule has 0 amide bonds. The zero-order valence-electron chi connectivity index (χ0n) is 11.3. The maximum absolute atomic E-state index is 6.58. The summed E-state index contributed by atoms with van der Waals surface area (Å²) in [7, 11) is 0. The van der Waals surface area contributed by atoms with Gasteiger partial charge in [0.25, 0.3) is 0 Å². The smallest absolute Gasteiger partial charge is 0.113 e. The van der Waals surface area contributed by atoms with Gasteiger partial charge in [0, 0.05) is 10.8 Å². The summed E-state index contributed by atoms with van der Waals surface area (Å²) in [5, 5.41) is 3.35. The van der Waals surface area contributed by atoms with Crippen LogP contribution in [0.25, 0.3) is 0 Å². The molecule has 96 valence electrons. The van der Waals surface area contributed by atoms with E-state index in [-0.39, 0.29) is 11.0 Å². The van der Waals surface area contributed by atoms with Crippen molar-refractivity contribution < 1.29 is 0 Å². The summed E-state index contributed by atoms with van der Waals surface area (Å²) in [4.78, 5) is 4.81. The van der Waals surface area contributed by atoms with E-state index in [0.717, 1.165) is 17.8 Å². The van der Waals surface area contributed by atoms with E-state index in [2.05, 4.69) is 26.2 Å². The highest BCUT2D eigenvalue weighted by molar-refractivity contribution is 7.09. The Morgan fingerprint density at radius 3 is 2.24 bits per heavy atom. The first-order valence-corrected chi connectivity index (χ1v) is 7.55. The molecule has 2 N–H and O–H groups in total. The molecule has 2 rings (SSSR count). The Hall–Kier alpha value is -0.410. The van der Waals surface area contributed by atoms with Crippen LogP contribution in [0.3, 0.4) is 0 Å². The van der Waals surface area contributed by atoms with Crippen LogP contribution in [-0.2, 0) is 11.0 Å². The Balaban J connectivity index is 2.23. The molecule has 0 atom stereocenters. The predicted octanol–water partition coefficient (Wildman–Crippen LogP) is 3.95. The lowest BCUT2D eigenvalue weighted by molar-refractivity contribution is 0.381. The van der Waals surface area contributed by atoms with Crippen molar-refractivity contribution in [3.8, 4) is 0 Å². The highest BCUT2D eigenvalue weighted by Crippen LogP contribution is 2.36. The Morgan fingerprint density at radius 2 is 1.76 bits per heavy atom. The van der Waals surface area contributed by atoms with E-state index < -0.39 is 0 Å². The van der Waals surface area contributed by atoms with Gasteiger partial charge in [0.1, 0.15) is 5.01 Å². The maximum Gasteiger partial charge on any atom is 0.113 e. The Bertz CT molecular complexity index is 368. The first kappa shape index (κ1) is 13.0. The lowest BCUT2D eigenvalue weighted by Crippen LogP contribution is -2.36. The average Bonchev–Trinajstić information content (AvgIpc) is 2.64. The first-order chi connectivity index (χ1) is 7.92. The maximum atomic E-state index is 6.58. The summed E-state index contributed by atoms with van der Waals surface area (Å²) in [5.74, 6) is 0. The van der Waals surface area contributed by atoms with Gasteiger partial charge in [0.05, 0.1) is 11.2 Å². The molecule has 0 saturated heterocycles. The molecule has 3 heteroatoms. The normalized spacial score (nSPS) is 21.2. The van der Waals surface area contributed by atoms with Crippen molar-refractivity contribution in [1.82, 2.24) is 4.98 Å². The molecule has 0 bridgehead atoms. The quantitative estimate of drug-likeness (QED) is 0.769. The van der Waals surface area contributed by atoms with Crippen LogP contribution in [0, 0.1) is 0 Å². The SMILES string of the molecule is CC(C)(C)c1csc(C2(N)CCCCCC2)n1. The number of thiazole rings is 1. The van der Waals surface area contributed by atoms with E-state index in [1.54, 1.807) is 11.3 Å². The molecule has 1 aromatic heterocycles. The van der Waals surface area contributed by atoms with Gasteiger partial charge in [-0.3, -0.25) is 0 Å². The summed E-state index contributed by atoms with van der Waals surface area (Å²) in [5.41, 5.74) is 7.76. The monoisotopic (exact) mass is 252 g/mol. The molecule has 0 aromatic carbocycles. The zero-order valence-corrected chi connectivity index (χ0v) is 12.1. The molecule has 0 unspecified atom stereocenters. The minimum atomic E-state index is -0.148. The molecule has 1 aliphatic rings. The Kier molecular flexibility index (Phi) is 3.60. The third-order valence-electron chi connectivity index (χ3n) is 3.69. The summed E-state index contributed by atoms with van der Waals surface area (Å²) in [6.45, 7) is 6.63. The molecule has 0 spiro atoms. The van der Waals surface area contributed by atoms with Crippen molar-refractivity contribution in [2.45, 2.75) is 70.3 Å². The van der Waals surface area contributed by atoms with Gasteiger partial charge in [-0.15, -0.1) is 11.3 Å². The van der Waals surface area contributed by atoms with Crippen LogP contribution in [0.2, 0.25) is 0 Å².